The van der Waals surface area contributed by atoms with Gasteiger partial charge in [0.05, 0.1) is 0 Å². The second kappa shape index (κ2) is 7.97. The van der Waals surface area contributed by atoms with Crippen LogP contribution in [0.2, 0.25) is 0 Å². The van der Waals surface area contributed by atoms with Crippen LogP contribution in [0.25, 0.3) is 0 Å². The van der Waals surface area contributed by atoms with E-state index in [4.69, 9.17) is 0 Å². The Labute approximate surface area is 133 Å². The molecule has 1 aliphatic carbocycles. The van der Waals surface area contributed by atoms with Gasteiger partial charge in [-0.05, 0) is 76.4 Å². The SMILES string of the molecule is CCC(C)(C)C1CCC(N2CCCCC2CCNC)CC1. The van der Waals surface area contributed by atoms with Crippen molar-refractivity contribution < 1.29 is 0 Å². The van der Waals surface area contributed by atoms with Gasteiger partial charge in [-0.15, -0.1) is 0 Å². The molecule has 1 heterocycles. The average Bonchev–Trinajstić information content (AvgIpc) is 2.53. The molecule has 1 saturated carbocycles. The molecule has 0 bridgehead atoms. The number of piperidine rings is 1. The van der Waals surface area contributed by atoms with E-state index in [1.807, 2.05) is 0 Å². The number of nitrogens with one attached hydrogen (secondary N) is 1. The third kappa shape index (κ3) is 4.45. The van der Waals surface area contributed by atoms with Crippen molar-refractivity contribution in [1.82, 2.24) is 10.2 Å². The van der Waals surface area contributed by atoms with E-state index in [9.17, 15) is 0 Å². The Kier molecular flexibility index (Phi) is 6.55. The molecule has 1 aliphatic heterocycles. The third-order valence-electron chi connectivity index (χ3n) is 6.58. The van der Waals surface area contributed by atoms with Crippen LogP contribution in [0, 0.1) is 11.3 Å². The van der Waals surface area contributed by atoms with Crippen molar-refractivity contribution in [2.45, 2.75) is 90.6 Å². The summed E-state index contributed by atoms with van der Waals surface area (Å²) in [7, 11) is 2.09. The number of nitrogens with zero attached hydrogens (tertiary/aromatic N) is 1. The van der Waals surface area contributed by atoms with Crippen LogP contribution in [0.5, 0.6) is 0 Å². The maximum absolute atomic E-state index is 3.35. The summed E-state index contributed by atoms with van der Waals surface area (Å²) in [5.41, 5.74) is 0.554. The lowest BCUT2D eigenvalue weighted by atomic mass is 9.68. The van der Waals surface area contributed by atoms with Crippen LogP contribution >= 0.6 is 0 Å². The maximum atomic E-state index is 3.35. The first kappa shape index (κ1) is 17.3. The molecule has 21 heavy (non-hydrogen) atoms. The molecule has 1 atom stereocenters. The molecule has 2 aliphatic rings. The molecule has 0 aromatic carbocycles. The highest BCUT2D eigenvalue weighted by Crippen LogP contribution is 2.42. The van der Waals surface area contributed by atoms with Gasteiger partial charge < -0.3 is 5.32 Å². The summed E-state index contributed by atoms with van der Waals surface area (Å²) >= 11 is 0. The van der Waals surface area contributed by atoms with Crippen LogP contribution in [0.15, 0.2) is 0 Å². The molecule has 1 N–H and O–H groups in total. The lowest BCUT2D eigenvalue weighted by molar-refractivity contribution is 0.0382. The highest BCUT2D eigenvalue weighted by molar-refractivity contribution is 4.89. The largest absolute Gasteiger partial charge is 0.320 e. The summed E-state index contributed by atoms with van der Waals surface area (Å²) in [4.78, 5) is 2.90. The van der Waals surface area contributed by atoms with Crippen LogP contribution in [0.3, 0.4) is 0 Å². The minimum Gasteiger partial charge on any atom is -0.320 e. The molecular weight excluding hydrogens is 256 g/mol. The van der Waals surface area contributed by atoms with Crippen LogP contribution in [-0.2, 0) is 0 Å². The van der Waals surface area contributed by atoms with Gasteiger partial charge in [-0.3, -0.25) is 4.90 Å². The third-order valence-corrected chi connectivity index (χ3v) is 6.58. The Morgan fingerprint density at radius 2 is 1.76 bits per heavy atom. The fourth-order valence-electron chi connectivity index (χ4n) is 4.60. The van der Waals surface area contributed by atoms with Crippen LogP contribution in [0.4, 0.5) is 0 Å². The van der Waals surface area contributed by atoms with Crippen LogP contribution in [-0.4, -0.2) is 37.1 Å². The van der Waals surface area contributed by atoms with E-state index >= 15 is 0 Å². The number of hydrogen-bond acceptors (Lipinski definition) is 2. The van der Waals surface area contributed by atoms with Gasteiger partial charge in [0.1, 0.15) is 0 Å². The Morgan fingerprint density at radius 1 is 1.05 bits per heavy atom. The van der Waals surface area contributed by atoms with Gasteiger partial charge in [0.2, 0.25) is 0 Å². The first-order valence-corrected chi connectivity index (χ1v) is 9.49. The minimum atomic E-state index is 0.554. The summed E-state index contributed by atoms with van der Waals surface area (Å²) in [5, 5.41) is 3.35. The molecule has 0 aromatic rings. The van der Waals surface area contributed by atoms with Gasteiger partial charge in [-0.2, -0.15) is 0 Å². The average molecular weight is 295 g/mol. The van der Waals surface area contributed by atoms with E-state index in [0.717, 1.165) is 18.0 Å². The molecule has 0 radical (unpaired) electrons. The highest BCUT2D eigenvalue weighted by atomic mass is 15.2. The molecule has 2 fully saturated rings. The van der Waals surface area contributed by atoms with Crippen molar-refractivity contribution in [3.63, 3.8) is 0 Å². The van der Waals surface area contributed by atoms with E-state index < -0.39 is 0 Å². The van der Waals surface area contributed by atoms with Gasteiger partial charge in [0.15, 0.2) is 0 Å². The molecule has 2 rings (SSSR count). The predicted octanol–water partition coefficient (Wildman–Crippen LogP) is 4.45. The van der Waals surface area contributed by atoms with E-state index in [1.54, 1.807) is 0 Å². The topological polar surface area (TPSA) is 15.3 Å². The van der Waals surface area contributed by atoms with Crippen molar-refractivity contribution in [3.05, 3.63) is 0 Å². The number of hydrogen-bond donors (Lipinski definition) is 1. The zero-order valence-corrected chi connectivity index (χ0v) is 15.0. The lowest BCUT2D eigenvalue weighted by Crippen LogP contribution is -2.49. The van der Waals surface area contributed by atoms with Gasteiger partial charge in [0, 0.05) is 12.1 Å². The van der Waals surface area contributed by atoms with E-state index in [2.05, 4.69) is 38.0 Å². The molecule has 0 amide bonds. The van der Waals surface area contributed by atoms with Crippen molar-refractivity contribution in [3.8, 4) is 0 Å². The van der Waals surface area contributed by atoms with E-state index in [0.29, 0.717) is 5.41 Å². The Bertz CT molecular complexity index is 292. The summed E-state index contributed by atoms with van der Waals surface area (Å²) < 4.78 is 0. The van der Waals surface area contributed by atoms with Gasteiger partial charge in [-0.25, -0.2) is 0 Å². The fourth-order valence-corrected chi connectivity index (χ4v) is 4.60. The van der Waals surface area contributed by atoms with Crippen molar-refractivity contribution in [2.75, 3.05) is 20.1 Å². The molecule has 2 nitrogen and oxygen atoms in total. The lowest BCUT2D eigenvalue weighted by Gasteiger charge is -2.46. The monoisotopic (exact) mass is 294 g/mol. The molecule has 1 unspecified atom stereocenters. The Balaban J connectivity index is 1.87. The molecule has 0 aromatic heterocycles. The van der Waals surface area contributed by atoms with E-state index in [-0.39, 0.29) is 0 Å². The number of rotatable bonds is 6. The zero-order chi connectivity index (χ0) is 15.3. The predicted molar refractivity (Wildman–Crippen MR) is 92.7 cm³/mol. The summed E-state index contributed by atoms with van der Waals surface area (Å²) in [5.74, 6) is 0.958. The standard InChI is InChI=1S/C19H38N2/c1-5-19(2,3)16-9-11-18(12-10-16)21-15-7-6-8-17(21)13-14-20-4/h16-18,20H,5-15H2,1-4H3. The van der Waals surface area contributed by atoms with Crippen molar-refractivity contribution >= 4 is 0 Å². The second-order valence-corrected chi connectivity index (χ2v) is 8.13. The molecule has 124 valence electrons. The Hall–Kier alpha value is -0.0800. The van der Waals surface area contributed by atoms with Gasteiger partial charge >= 0.3 is 0 Å². The normalized spacial score (nSPS) is 32.3. The van der Waals surface area contributed by atoms with Gasteiger partial charge in [0.25, 0.3) is 0 Å². The number of likely N-dealkylation sites (tertiary alicyclic amines) is 1. The van der Waals surface area contributed by atoms with E-state index in [1.165, 1.54) is 70.9 Å². The summed E-state index contributed by atoms with van der Waals surface area (Å²) in [6, 6.07) is 1.74. The minimum absolute atomic E-state index is 0.554. The quantitative estimate of drug-likeness (QED) is 0.779. The Morgan fingerprint density at radius 3 is 2.38 bits per heavy atom. The molecule has 2 heteroatoms. The smallest absolute Gasteiger partial charge is 0.0110 e. The molecule has 1 saturated heterocycles. The fraction of sp³-hybridized carbons (Fsp3) is 1.00. The van der Waals surface area contributed by atoms with Crippen LogP contribution in [0.1, 0.15) is 78.6 Å². The molecule has 0 spiro atoms. The summed E-state index contributed by atoms with van der Waals surface area (Å²) in [6.45, 7) is 9.87. The van der Waals surface area contributed by atoms with Crippen molar-refractivity contribution in [2.24, 2.45) is 11.3 Å². The van der Waals surface area contributed by atoms with Gasteiger partial charge in [-0.1, -0.05) is 33.6 Å². The highest BCUT2D eigenvalue weighted by Gasteiger charge is 2.35. The second-order valence-electron chi connectivity index (χ2n) is 8.13. The first-order valence-electron chi connectivity index (χ1n) is 9.49. The van der Waals surface area contributed by atoms with Crippen molar-refractivity contribution in [1.29, 1.82) is 0 Å². The summed E-state index contributed by atoms with van der Waals surface area (Å²) in [6.07, 6.45) is 12.8. The molecular formula is C19H38N2. The van der Waals surface area contributed by atoms with Crippen LogP contribution < -0.4 is 5.32 Å². The maximum Gasteiger partial charge on any atom is 0.0110 e. The zero-order valence-electron chi connectivity index (χ0n) is 15.0. The first-order chi connectivity index (χ1) is 10.1.